The molecule has 0 saturated heterocycles. The van der Waals surface area contributed by atoms with Crippen molar-refractivity contribution in [1.29, 1.82) is 0 Å². The second kappa shape index (κ2) is 9.22. The van der Waals surface area contributed by atoms with Crippen molar-refractivity contribution >= 4 is 34.8 Å². The van der Waals surface area contributed by atoms with Crippen LogP contribution in [0.3, 0.4) is 0 Å². The number of rotatable bonds is 6. The SMILES string of the molecule is Cc1nc(-c2ccc(Cl)cc2)n(CC(=O)Nc2ccc(Cl)cc2)c(=O)c1CCO. The van der Waals surface area contributed by atoms with Gasteiger partial charge < -0.3 is 10.4 Å². The van der Waals surface area contributed by atoms with E-state index in [1.54, 1.807) is 55.5 Å². The van der Waals surface area contributed by atoms with Gasteiger partial charge in [0.25, 0.3) is 5.56 Å². The van der Waals surface area contributed by atoms with Crippen molar-refractivity contribution in [3.8, 4) is 11.4 Å². The van der Waals surface area contributed by atoms with Crippen molar-refractivity contribution in [2.45, 2.75) is 19.9 Å². The molecule has 0 spiro atoms. The monoisotopic (exact) mass is 431 g/mol. The maximum atomic E-state index is 13.1. The Morgan fingerprint density at radius 1 is 1.07 bits per heavy atom. The number of carbonyl (C=O) groups excluding carboxylic acids is 1. The molecule has 2 N–H and O–H groups in total. The van der Waals surface area contributed by atoms with E-state index in [1.165, 1.54) is 4.57 Å². The molecule has 1 amide bonds. The van der Waals surface area contributed by atoms with E-state index in [4.69, 9.17) is 23.2 Å². The van der Waals surface area contributed by atoms with Crippen LogP contribution in [0.15, 0.2) is 53.3 Å². The summed E-state index contributed by atoms with van der Waals surface area (Å²) in [5.41, 5.74) is 1.76. The molecule has 0 aliphatic rings. The van der Waals surface area contributed by atoms with Gasteiger partial charge in [0.2, 0.25) is 5.91 Å². The van der Waals surface area contributed by atoms with Gasteiger partial charge in [0, 0.05) is 45.6 Å². The van der Waals surface area contributed by atoms with E-state index >= 15 is 0 Å². The van der Waals surface area contributed by atoms with Crippen LogP contribution < -0.4 is 10.9 Å². The summed E-state index contributed by atoms with van der Waals surface area (Å²) in [4.78, 5) is 30.2. The number of hydrogen-bond donors (Lipinski definition) is 2. The Bertz CT molecular complexity index is 1080. The fraction of sp³-hybridized carbons (Fsp3) is 0.190. The third-order valence-electron chi connectivity index (χ3n) is 4.36. The first-order valence-corrected chi connectivity index (χ1v) is 9.67. The minimum Gasteiger partial charge on any atom is -0.396 e. The number of aliphatic hydroxyl groups is 1. The summed E-state index contributed by atoms with van der Waals surface area (Å²) in [6.45, 7) is 1.30. The van der Waals surface area contributed by atoms with Crippen LogP contribution in [-0.4, -0.2) is 27.2 Å². The summed E-state index contributed by atoms with van der Waals surface area (Å²) in [7, 11) is 0. The molecule has 2 aromatic carbocycles. The average Bonchev–Trinajstić information content (AvgIpc) is 2.69. The summed E-state index contributed by atoms with van der Waals surface area (Å²) in [6, 6.07) is 13.5. The fourth-order valence-electron chi connectivity index (χ4n) is 2.94. The lowest BCUT2D eigenvalue weighted by Gasteiger charge is -2.16. The maximum Gasteiger partial charge on any atom is 0.257 e. The van der Waals surface area contributed by atoms with E-state index in [1.807, 2.05) is 0 Å². The number of amides is 1. The number of carbonyl (C=O) groups is 1. The van der Waals surface area contributed by atoms with Crippen molar-refractivity contribution in [3.63, 3.8) is 0 Å². The van der Waals surface area contributed by atoms with Crippen LogP contribution in [-0.2, 0) is 17.8 Å². The van der Waals surface area contributed by atoms with Crippen molar-refractivity contribution in [2.24, 2.45) is 0 Å². The van der Waals surface area contributed by atoms with Crippen LogP contribution in [0.5, 0.6) is 0 Å². The fourth-order valence-corrected chi connectivity index (χ4v) is 3.20. The Labute approximate surface area is 177 Å². The quantitative estimate of drug-likeness (QED) is 0.622. The molecule has 1 aromatic heterocycles. The number of nitrogens with one attached hydrogen (secondary N) is 1. The van der Waals surface area contributed by atoms with E-state index in [9.17, 15) is 14.7 Å². The third kappa shape index (κ3) is 5.03. The highest BCUT2D eigenvalue weighted by molar-refractivity contribution is 6.30. The van der Waals surface area contributed by atoms with Gasteiger partial charge in [-0.2, -0.15) is 0 Å². The normalized spacial score (nSPS) is 10.8. The summed E-state index contributed by atoms with van der Waals surface area (Å²) in [5.74, 6) is -0.0256. The van der Waals surface area contributed by atoms with Crippen LogP contribution in [0.2, 0.25) is 10.0 Å². The molecule has 0 aliphatic carbocycles. The zero-order valence-corrected chi connectivity index (χ0v) is 17.2. The number of aryl methyl sites for hydroxylation is 1. The zero-order chi connectivity index (χ0) is 21.0. The number of nitrogens with zero attached hydrogens (tertiary/aromatic N) is 2. The number of aromatic nitrogens is 2. The van der Waals surface area contributed by atoms with Gasteiger partial charge in [-0.15, -0.1) is 0 Å². The smallest absolute Gasteiger partial charge is 0.257 e. The van der Waals surface area contributed by atoms with Gasteiger partial charge in [0.15, 0.2) is 0 Å². The second-order valence-electron chi connectivity index (χ2n) is 6.43. The molecule has 6 nitrogen and oxygen atoms in total. The summed E-state index contributed by atoms with van der Waals surface area (Å²) < 4.78 is 1.31. The highest BCUT2D eigenvalue weighted by Gasteiger charge is 2.18. The van der Waals surface area contributed by atoms with Crippen LogP contribution in [0.4, 0.5) is 5.69 Å². The Morgan fingerprint density at radius 2 is 1.66 bits per heavy atom. The van der Waals surface area contributed by atoms with Gasteiger partial charge in [0.1, 0.15) is 12.4 Å². The first-order chi connectivity index (χ1) is 13.9. The molecule has 0 aliphatic heterocycles. The van der Waals surface area contributed by atoms with Gasteiger partial charge in [0.05, 0.1) is 0 Å². The van der Waals surface area contributed by atoms with Crippen LogP contribution >= 0.6 is 23.2 Å². The van der Waals surface area contributed by atoms with Crippen molar-refractivity contribution in [2.75, 3.05) is 11.9 Å². The molecule has 0 radical (unpaired) electrons. The molecule has 1 heterocycles. The number of halogens is 2. The van der Waals surface area contributed by atoms with E-state index in [-0.39, 0.29) is 31.0 Å². The van der Waals surface area contributed by atoms with Gasteiger partial charge >= 0.3 is 0 Å². The predicted octanol–water partition coefficient (Wildman–Crippen LogP) is 3.70. The minimum absolute atomic E-state index is 0.164. The Morgan fingerprint density at radius 3 is 2.24 bits per heavy atom. The molecule has 29 heavy (non-hydrogen) atoms. The van der Waals surface area contributed by atoms with Crippen molar-refractivity contribution in [1.82, 2.24) is 9.55 Å². The standard InChI is InChI=1S/C21H19Cl2N3O3/c1-13-18(10-11-27)21(29)26(20(24-13)14-2-4-15(22)5-3-14)12-19(28)25-17-8-6-16(23)7-9-17/h2-9,27H,10-12H2,1H3,(H,25,28). The van der Waals surface area contributed by atoms with Crippen LogP contribution in [0, 0.1) is 6.92 Å². The number of aliphatic hydroxyl groups excluding tert-OH is 1. The van der Waals surface area contributed by atoms with Crippen LogP contribution in [0.25, 0.3) is 11.4 Å². The summed E-state index contributed by atoms with van der Waals surface area (Å²) in [6.07, 6.45) is 0.164. The Hall–Kier alpha value is -2.67. The number of hydrogen-bond acceptors (Lipinski definition) is 4. The topological polar surface area (TPSA) is 84.2 Å². The van der Waals surface area contributed by atoms with Crippen LogP contribution in [0.1, 0.15) is 11.3 Å². The second-order valence-corrected chi connectivity index (χ2v) is 7.30. The molecule has 150 valence electrons. The molecule has 0 saturated carbocycles. The maximum absolute atomic E-state index is 13.1. The van der Waals surface area contributed by atoms with Gasteiger partial charge in [-0.25, -0.2) is 4.98 Å². The van der Waals surface area contributed by atoms with Crippen molar-refractivity contribution in [3.05, 3.63) is 80.2 Å². The number of anilines is 1. The zero-order valence-electron chi connectivity index (χ0n) is 15.7. The van der Waals surface area contributed by atoms with E-state index < -0.39 is 0 Å². The summed E-state index contributed by atoms with van der Waals surface area (Å²) in [5, 5.41) is 13.1. The molecule has 0 fully saturated rings. The van der Waals surface area contributed by atoms with Gasteiger partial charge in [-0.1, -0.05) is 23.2 Å². The predicted molar refractivity (Wildman–Crippen MR) is 115 cm³/mol. The molecular weight excluding hydrogens is 413 g/mol. The minimum atomic E-state index is -0.384. The summed E-state index contributed by atoms with van der Waals surface area (Å²) >= 11 is 11.8. The molecule has 8 heteroatoms. The lowest BCUT2D eigenvalue weighted by Crippen LogP contribution is -2.33. The highest BCUT2D eigenvalue weighted by Crippen LogP contribution is 2.20. The van der Waals surface area contributed by atoms with E-state index in [0.29, 0.717) is 38.4 Å². The van der Waals surface area contributed by atoms with E-state index in [0.717, 1.165) is 0 Å². The highest BCUT2D eigenvalue weighted by atomic mass is 35.5. The third-order valence-corrected chi connectivity index (χ3v) is 4.87. The first kappa shape index (κ1) is 21.0. The molecule has 0 atom stereocenters. The molecular formula is C21H19Cl2N3O3. The van der Waals surface area contributed by atoms with Crippen molar-refractivity contribution < 1.29 is 9.90 Å². The van der Waals surface area contributed by atoms with Gasteiger partial charge in [-0.3, -0.25) is 14.2 Å². The molecule has 3 rings (SSSR count). The first-order valence-electron chi connectivity index (χ1n) is 8.91. The lowest BCUT2D eigenvalue weighted by atomic mass is 10.1. The molecule has 0 bridgehead atoms. The lowest BCUT2D eigenvalue weighted by molar-refractivity contribution is -0.116. The Kier molecular flexibility index (Phi) is 6.69. The van der Waals surface area contributed by atoms with Gasteiger partial charge in [-0.05, 0) is 55.5 Å². The number of benzene rings is 2. The average molecular weight is 432 g/mol. The largest absolute Gasteiger partial charge is 0.396 e. The molecule has 0 unspecified atom stereocenters. The Balaban J connectivity index is 2.01. The van der Waals surface area contributed by atoms with E-state index in [2.05, 4.69) is 10.3 Å². The molecule has 3 aromatic rings.